The van der Waals surface area contributed by atoms with Crippen LogP contribution in [0.3, 0.4) is 0 Å². The van der Waals surface area contributed by atoms with Gasteiger partial charge in [-0.15, -0.1) is 0 Å². The van der Waals surface area contributed by atoms with E-state index < -0.39 is 0 Å². The lowest BCUT2D eigenvalue weighted by molar-refractivity contribution is 0.0347. The van der Waals surface area contributed by atoms with E-state index >= 15 is 0 Å². The summed E-state index contributed by atoms with van der Waals surface area (Å²) in [7, 11) is 2.13. The highest BCUT2D eigenvalue weighted by molar-refractivity contribution is 5.32. The third-order valence-electron chi connectivity index (χ3n) is 3.74. The number of nitrogens with zero attached hydrogens (tertiary/aromatic N) is 1. The summed E-state index contributed by atoms with van der Waals surface area (Å²) in [5.41, 5.74) is 2.70. The molecule has 0 heterocycles. The van der Waals surface area contributed by atoms with Gasteiger partial charge in [0.15, 0.2) is 0 Å². The lowest BCUT2D eigenvalue weighted by Crippen LogP contribution is -2.43. The number of fused-ring (bicyclic) bond motifs is 1. The molecule has 0 aromatic heterocycles. The molecule has 0 bridgehead atoms. The van der Waals surface area contributed by atoms with Gasteiger partial charge in [0, 0.05) is 12.6 Å². The number of aryl methyl sites for hydroxylation is 1. The van der Waals surface area contributed by atoms with E-state index in [1.807, 2.05) is 6.07 Å². The molecule has 1 aliphatic rings. The highest BCUT2D eigenvalue weighted by atomic mass is 16.3. The number of hydrogen-bond acceptors (Lipinski definition) is 2. The first-order valence-electron chi connectivity index (χ1n) is 6.84. The van der Waals surface area contributed by atoms with Crippen LogP contribution < -0.4 is 0 Å². The average molecular weight is 247 g/mol. The summed E-state index contributed by atoms with van der Waals surface area (Å²) in [5, 5.41) is 10.5. The van der Waals surface area contributed by atoms with Crippen molar-refractivity contribution in [3.05, 3.63) is 35.4 Å². The molecule has 0 saturated heterocycles. The second-order valence-electron chi connectivity index (χ2n) is 6.73. The molecular formula is C16H25NO. The van der Waals surface area contributed by atoms with E-state index in [1.165, 1.54) is 5.56 Å². The first-order chi connectivity index (χ1) is 8.38. The molecule has 18 heavy (non-hydrogen) atoms. The maximum absolute atomic E-state index is 10.5. The van der Waals surface area contributed by atoms with Gasteiger partial charge in [0.25, 0.3) is 0 Å². The van der Waals surface area contributed by atoms with Crippen LogP contribution in [0.1, 0.15) is 44.4 Å². The fourth-order valence-electron chi connectivity index (χ4n) is 3.05. The minimum Gasteiger partial charge on any atom is -0.387 e. The van der Waals surface area contributed by atoms with Crippen molar-refractivity contribution in [2.75, 3.05) is 13.6 Å². The first kappa shape index (κ1) is 13.6. The fourth-order valence-corrected chi connectivity index (χ4v) is 3.05. The highest BCUT2D eigenvalue weighted by Crippen LogP contribution is 2.33. The zero-order valence-electron chi connectivity index (χ0n) is 12.0. The number of aliphatic hydroxyl groups is 1. The molecule has 0 aliphatic heterocycles. The van der Waals surface area contributed by atoms with Gasteiger partial charge < -0.3 is 5.11 Å². The van der Waals surface area contributed by atoms with Gasteiger partial charge in [0.05, 0.1) is 6.10 Å². The van der Waals surface area contributed by atoms with Crippen molar-refractivity contribution in [2.24, 2.45) is 5.41 Å². The summed E-state index contributed by atoms with van der Waals surface area (Å²) in [5.74, 6) is 0. The number of hydrogen-bond donors (Lipinski definition) is 1. The van der Waals surface area contributed by atoms with Crippen LogP contribution in [-0.2, 0) is 6.42 Å². The maximum Gasteiger partial charge on any atom is 0.0947 e. The molecule has 2 atom stereocenters. The van der Waals surface area contributed by atoms with E-state index in [2.05, 4.69) is 50.9 Å². The Hall–Kier alpha value is -0.860. The zero-order valence-corrected chi connectivity index (χ0v) is 12.0. The molecule has 2 unspecified atom stereocenters. The minimum absolute atomic E-state index is 0.249. The maximum atomic E-state index is 10.5. The number of aliphatic hydroxyl groups excluding tert-OH is 1. The Kier molecular flexibility index (Phi) is 3.79. The van der Waals surface area contributed by atoms with Crippen molar-refractivity contribution >= 4 is 0 Å². The van der Waals surface area contributed by atoms with Crippen molar-refractivity contribution in [3.63, 3.8) is 0 Å². The molecule has 0 amide bonds. The van der Waals surface area contributed by atoms with Crippen molar-refractivity contribution in [3.8, 4) is 0 Å². The van der Waals surface area contributed by atoms with Gasteiger partial charge in [-0.3, -0.25) is 4.90 Å². The molecule has 0 saturated carbocycles. The van der Waals surface area contributed by atoms with Crippen LogP contribution in [0.4, 0.5) is 0 Å². The first-order valence-corrected chi connectivity index (χ1v) is 6.84. The van der Waals surface area contributed by atoms with Crippen LogP contribution in [0.25, 0.3) is 0 Å². The Morgan fingerprint density at radius 2 is 1.94 bits per heavy atom. The number of benzene rings is 1. The highest BCUT2D eigenvalue weighted by Gasteiger charge is 2.31. The van der Waals surface area contributed by atoms with Gasteiger partial charge >= 0.3 is 0 Å². The molecule has 1 aliphatic carbocycles. The van der Waals surface area contributed by atoms with E-state index in [9.17, 15) is 5.11 Å². The number of rotatable bonds is 2. The normalized spacial score (nSPS) is 24.1. The Morgan fingerprint density at radius 3 is 2.61 bits per heavy atom. The van der Waals surface area contributed by atoms with Gasteiger partial charge in [-0.25, -0.2) is 0 Å². The van der Waals surface area contributed by atoms with Crippen molar-refractivity contribution in [1.82, 2.24) is 4.90 Å². The minimum atomic E-state index is -0.345. The van der Waals surface area contributed by atoms with Crippen LogP contribution in [0, 0.1) is 5.41 Å². The molecule has 0 spiro atoms. The summed E-state index contributed by atoms with van der Waals surface area (Å²) < 4.78 is 0. The molecule has 100 valence electrons. The lowest BCUT2D eigenvalue weighted by atomic mass is 9.84. The SMILES string of the molecule is CN(CC(C)(C)C)C1CCc2ccccc2C1O. The van der Waals surface area contributed by atoms with Crippen LogP contribution in [-0.4, -0.2) is 29.6 Å². The zero-order chi connectivity index (χ0) is 13.3. The van der Waals surface area contributed by atoms with Crippen LogP contribution in [0.2, 0.25) is 0 Å². The van der Waals surface area contributed by atoms with Crippen molar-refractivity contribution < 1.29 is 5.11 Å². The van der Waals surface area contributed by atoms with Gasteiger partial charge in [0.1, 0.15) is 0 Å². The van der Waals surface area contributed by atoms with Gasteiger partial charge in [0.2, 0.25) is 0 Å². The predicted octanol–water partition coefficient (Wildman–Crippen LogP) is 3.01. The molecule has 0 radical (unpaired) electrons. The monoisotopic (exact) mass is 247 g/mol. The van der Waals surface area contributed by atoms with E-state index in [1.54, 1.807) is 0 Å². The molecular weight excluding hydrogens is 222 g/mol. The summed E-state index contributed by atoms with van der Waals surface area (Å²) in [4.78, 5) is 2.32. The van der Waals surface area contributed by atoms with Crippen LogP contribution in [0.15, 0.2) is 24.3 Å². The average Bonchev–Trinajstić information content (AvgIpc) is 2.27. The quantitative estimate of drug-likeness (QED) is 0.868. The van der Waals surface area contributed by atoms with E-state index in [0.29, 0.717) is 0 Å². The largest absolute Gasteiger partial charge is 0.387 e. The molecule has 1 aromatic carbocycles. The molecule has 1 N–H and O–H groups in total. The van der Waals surface area contributed by atoms with Gasteiger partial charge in [-0.05, 0) is 36.4 Å². The van der Waals surface area contributed by atoms with Gasteiger partial charge in [-0.1, -0.05) is 45.0 Å². The summed E-state index contributed by atoms with van der Waals surface area (Å²) in [6.07, 6.45) is 1.78. The third-order valence-corrected chi connectivity index (χ3v) is 3.74. The van der Waals surface area contributed by atoms with E-state index in [-0.39, 0.29) is 17.6 Å². The molecule has 2 nitrogen and oxygen atoms in total. The molecule has 1 aromatic rings. The van der Waals surface area contributed by atoms with Crippen LogP contribution in [0.5, 0.6) is 0 Å². The number of likely N-dealkylation sites (N-methyl/N-ethyl adjacent to an activating group) is 1. The smallest absolute Gasteiger partial charge is 0.0947 e. The topological polar surface area (TPSA) is 23.5 Å². The lowest BCUT2D eigenvalue weighted by Gasteiger charge is -2.39. The molecule has 2 rings (SSSR count). The third kappa shape index (κ3) is 2.93. The molecule has 0 fully saturated rings. The second kappa shape index (κ2) is 5.02. The fraction of sp³-hybridized carbons (Fsp3) is 0.625. The summed E-state index contributed by atoms with van der Waals surface area (Å²) in [6.45, 7) is 7.74. The van der Waals surface area contributed by atoms with Crippen LogP contribution >= 0.6 is 0 Å². The van der Waals surface area contributed by atoms with Gasteiger partial charge in [-0.2, -0.15) is 0 Å². The van der Waals surface area contributed by atoms with E-state index in [4.69, 9.17) is 0 Å². The Bertz CT molecular complexity index is 408. The van der Waals surface area contributed by atoms with Crippen molar-refractivity contribution in [1.29, 1.82) is 0 Å². The predicted molar refractivity (Wildman–Crippen MR) is 75.6 cm³/mol. The molecule has 2 heteroatoms. The Morgan fingerprint density at radius 1 is 1.28 bits per heavy atom. The van der Waals surface area contributed by atoms with E-state index in [0.717, 1.165) is 24.9 Å². The second-order valence-corrected chi connectivity index (χ2v) is 6.73. The standard InChI is InChI=1S/C16H25NO/c1-16(2,3)11-17(4)14-10-9-12-7-5-6-8-13(12)15(14)18/h5-8,14-15,18H,9-11H2,1-4H3. The van der Waals surface area contributed by atoms with Crippen molar-refractivity contribution in [2.45, 2.75) is 45.8 Å². The summed E-state index contributed by atoms with van der Waals surface area (Å²) in [6, 6.07) is 8.54. The Labute approximate surface area is 111 Å². The Balaban J connectivity index is 2.14. The summed E-state index contributed by atoms with van der Waals surface area (Å²) >= 11 is 0.